The first-order valence-corrected chi connectivity index (χ1v) is 8.89. The molecule has 1 atom stereocenters. The smallest absolute Gasteiger partial charge is 0.216 e. The molecule has 6 heteroatoms. The second-order valence-electron chi connectivity index (χ2n) is 5.93. The summed E-state index contributed by atoms with van der Waals surface area (Å²) in [5.74, 6) is 0.000143. The third-order valence-electron chi connectivity index (χ3n) is 3.57. The fourth-order valence-corrected chi connectivity index (χ4v) is 4.28. The number of rotatable bonds is 6. The molecule has 118 valence electrons. The lowest BCUT2D eigenvalue weighted by Gasteiger charge is -2.33. The number of hydrogen-bond donors (Lipinski definition) is 2. The molecular formula is C15H24N2O3S. The van der Waals surface area contributed by atoms with Crippen LogP contribution >= 0.6 is 0 Å². The highest BCUT2D eigenvalue weighted by atomic mass is 32.2. The maximum Gasteiger partial charge on any atom is 0.216 e. The Kier molecular flexibility index (Phi) is 5.37. The molecule has 1 saturated heterocycles. The van der Waals surface area contributed by atoms with Gasteiger partial charge >= 0.3 is 0 Å². The molecule has 0 saturated carbocycles. The lowest BCUT2D eigenvalue weighted by molar-refractivity contribution is 0.0386. The molecular weight excluding hydrogens is 288 g/mol. The van der Waals surface area contributed by atoms with Crippen LogP contribution in [0.2, 0.25) is 0 Å². The summed E-state index contributed by atoms with van der Waals surface area (Å²) < 4.78 is 32.9. The monoisotopic (exact) mass is 312 g/mol. The van der Waals surface area contributed by atoms with Crippen LogP contribution in [0.25, 0.3) is 0 Å². The van der Waals surface area contributed by atoms with E-state index in [1.807, 2.05) is 38.2 Å². The van der Waals surface area contributed by atoms with E-state index in [0.29, 0.717) is 13.2 Å². The molecule has 0 aromatic heterocycles. The molecule has 0 spiro atoms. The van der Waals surface area contributed by atoms with Gasteiger partial charge in [-0.1, -0.05) is 24.3 Å². The van der Waals surface area contributed by atoms with Crippen molar-refractivity contribution in [3.8, 4) is 0 Å². The largest absolute Gasteiger partial charge is 0.380 e. The maximum absolute atomic E-state index is 12.4. The molecule has 1 aliphatic heterocycles. The van der Waals surface area contributed by atoms with Crippen LogP contribution in [0, 0.1) is 0 Å². The highest BCUT2D eigenvalue weighted by molar-refractivity contribution is 7.88. The van der Waals surface area contributed by atoms with E-state index < -0.39 is 15.6 Å². The molecule has 2 N–H and O–H groups in total. The second kappa shape index (κ2) is 6.87. The number of ether oxygens (including phenoxy) is 1. The van der Waals surface area contributed by atoms with Crippen molar-refractivity contribution in [2.75, 3.05) is 20.3 Å². The first-order valence-electron chi connectivity index (χ1n) is 7.24. The summed E-state index contributed by atoms with van der Waals surface area (Å²) >= 11 is 0. The molecule has 2 rings (SSSR count). The van der Waals surface area contributed by atoms with E-state index in [1.54, 1.807) is 0 Å². The highest BCUT2D eigenvalue weighted by Gasteiger charge is 2.32. The Morgan fingerprint density at radius 2 is 2.10 bits per heavy atom. The van der Waals surface area contributed by atoms with E-state index in [4.69, 9.17) is 4.74 Å². The molecule has 1 heterocycles. The fraction of sp³-hybridized carbons (Fsp3) is 0.600. The van der Waals surface area contributed by atoms with Crippen LogP contribution in [0.5, 0.6) is 0 Å². The van der Waals surface area contributed by atoms with Gasteiger partial charge in [0.25, 0.3) is 0 Å². The van der Waals surface area contributed by atoms with Gasteiger partial charge in [0.15, 0.2) is 0 Å². The van der Waals surface area contributed by atoms with E-state index >= 15 is 0 Å². The van der Waals surface area contributed by atoms with Gasteiger partial charge in [0, 0.05) is 13.2 Å². The zero-order valence-corrected chi connectivity index (χ0v) is 13.5. The van der Waals surface area contributed by atoms with Crippen LogP contribution in [-0.4, -0.2) is 34.2 Å². The fourth-order valence-electron chi connectivity index (χ4n) is 2.68. The molecule has 0 radical (unpaired) electrons. The van der Waals surface area contributed by atoms with Crippen LogP contribution in [0.1, 0.15) is 30.9 Å². The van der Waals surface area contributed by atoms with E-state index in [2.05, 4.69) is 10.0 Å². The zero-order chi connectivity index (χ0) is 15.3. The lowest BCUT2D eigenvalue weighted by Crippen LogP contribution is -2.51. The Bertz CT molecular complexity index is 566. The van der Waals surface area contributed by atoms with Crippen molar-refractivity contribution < 1.29 is 13.2 Å². The minimum Gasteiger partial charge on any atom is -0.380 e. The SMILES string of the molecule is CNCc1cccc(CS(=O)(=O)NC2(C)CCCOC2)c1. The Hall–Kier alpha value is -0.950. The molecule has 0 amide bonds. The van der Waals surface area contributed by atoms with Gasteiger partial charge in [0.05, 0.1) is 17.9 Å². The van der Waals surface area contributed by atoms with Crippen molar-refractivity contribution in [2.24, 2.45) is 0 Å². The Labute approximate surface area is 127 Å². The highest BCUT2D eigenvalue weighted by Crippen LogP contribution is 2.20. The summed E-state index contributed by atoms with van der Waals surface area (Å²) in [5, 5.41) is 3.06. The lowest BCUT2D eigenvalue weighted by atomic mass is 9.97. The van der Waals surface area contributed by atoms with E-state index in [9.17, 15) is 8.42 Å². The normalized spacial score (nSPS) is 23.1. The number of sulfonamides is 1. The molecule has 1 unspecified atom stereocenters. The first-order chi connectivity index (χ1) is 9.92. The number of hydrogen-bond acceptors (Lipinski definition) is 4. The summed E-state index contributed by atoms with van der Waals surface area (Å²) in [6, 6.07) is 7.65. The standard InChI is InChI=1S/C15H24N2O3S/c1-15(7-4-8-20-12-15)17-21(18,19)11-14-6-3-5-13(9-14)10-16-2/h3,5-6,9,16-17H,4,7-8,10-12H2,1-2H3. The van der Waals surface area contributed by atoms with Crippen molar-refractivity contribution in [3.05, 3.63) is 35.4 Å². The third kappa shape index (κ3) is 5.07. The summed E-state index contributed by atoms with van der Waals surface area (Å²) in [6.45, 7) is 3.78. The molecule has 5 nitrogen and oxygen atoms in total. The molecule has 1 aromatic rings. The minimum absolute atomic E-state index is 0.000143. The molecule has 0 bridgehead atoms. The van der Waals surface area contributed by atoms with E-state index in [-0.39, 0.29) is 5.75 Å². The van der Waals surface area contributed by atoms with Crippen LogP contribution in [0.3, 0.4) is 0 Å². The van der Waals surface area contributed by atoms with Crippen LogP contribution in [0.15, 0.2) is 24.3 Å². The van der Waals surface area contributed by atoms with Gasteiger partial charge in [-0.2, -0.15) is 0 Å². The van der Waals surface area contributed by atoms with Gasteiger partial charge in [-0.25, -0.2) is 13.1 Å². The molecule has 1 aliphatic rings. The summed E-state index contributed by atoms with van der Waals surface area (Å²) in [7, 11) is -1.50. The third-order valence-corrected chi connectivity index (χ3v) is 5.09. The Morgan fingerprint density at radius 1 is 1.33 bits per heavy atom. The average Bonchev–Trinajstić information content (AvgIpc) is 2.38. The van der Waals surface area contributed by atoms with Crippen molar-refractivity contribution in [1.82, 2.24) is 10.0 Å². The van der Waals surface area contributed by atoms with Gasteiger partial charge in [0.2, 0.25) is 10.0 Å². The minimum atomic E-state index is -3.37. The Morgan fingerprint density at radius 3 is 2.76 bits per heavy atom. The van der Waals surface area contributed by atoms with Gasteiger partial charge in [-0.15, -0.1) is 0 Å². The van der Waals surface area contributed by atoms with Crippen molar-refractivity contribution in [3.63, 3.8) is 0 Å². The van der Waals surface area contributed by atoms with Crippen LogP contribution in [-0.2, 0) is 27.1 Å². The van der Waals surface area contributed by atoms with Crippen molar-refractivity contribution >= 4 is 10.0 Å². The maximum atomic E-state index is 12.4. The van der Waals surface area contributed by atoms with Crippen molar-refractivity contribution in [2.45, 2.75) is 37.6 Å². The van der Waals surface area contributed by atoms with Crippen molar-refractivity contribution in [1.29, 1.82) is 0 Å². The topological polar surface area (TPSA) is 67.4 Å². The molecule has 21 heavy (non-hydrogen) atoms. The Balaban J connectivity index is 2.04. The summed E-state index contributed by atoms with van der Waals surface area (Å²) in [4.78, 5) is 0. The predicted molar refractivity (Wildman–Crippen MR) is 83.4 cm³/mol. The average molecular weight is 312 g/mol. The first kappa shape index (κ1) is 16.4. The van der Waals surface area contributed by atoms with E-state index in [1.165, 1.54) is 0 Å². The molecule has 0 aliphatic carbocycles. The molecule has 1 fully saturated rings. The second-order valence-corrected chi connectivity index (χ2v) is 7.65. The van der Waals surface area contributed by atoms with Crippen LogP contribution in [0.4, 0.5) is 0 Å². The van der Waals surface area contributed by atoms with Crippen LogP contribution < -0.4 is 10.0 Å². The van der Waals surface area contributed by atoms with Gasteiger partial charge in [0.1, 0.15) is 0 Å². The number of benzene rings is 1. The summed E-state index contributed by atoms with van der Waals surface area (Å²) in [6.07, 6.45) is 1.70. The predicted octanol–water partition coefficient (Wildman–Crippen LogP) is 1.39. The molecule has 1 aromatic carbocycles. The summed E-state index contributed by atoms with van der Waals surface area (Å²) in [5.41, 5.74) is 1.40. The van der Waals surface area contributed by atoms with Gasteiger partial charge in [-0.3, -0.25) is 0 Å². The number of nitrogens with one attached hydrogen (secondary N) is 2. The van der Waals surface area contributed by atoms with Gasteiger partial charge < -0.3 is 10.1 Å². The van der Waals surface area contributed by atoms with E-state index in [0.717, 1.165) is 30.5 Å². The quantitative estimate of drug-likeness (QED) is 0.833. The zero-order valence-electron chi connectivity index (χ0n) is 12.7. The van der Waals surface area contributed by atoms with Gasteiger partial charge in [-0.05, 0) is 37.9 Å².